The zero-order chi connectivity index (χ0) is 21.2. The van der Waals surface area contributed by atoms with Crippen LogP contribution in [0, 0.1) is 5.92 Å². The van der Waals surface area contributed by atoms with E-state index >= 15 is 0 Å². The highest BCUT2D eigenvalue weighted by atomic mass is 35.5. The fourth-order valence-electron chi connectivity index (χ4n) is 3.28. The number of hydrogen-bond donors (Lipinski definition) is 1. The molecule has 0 aromatic heterocycles. The van der Waals surface area contributed by atoms with Gasteiger partial charge in [0.2, 0.25) is 5.91 Å². The van der Waals surface area contributed by atoms with E-state index in [0.29, 0.717) is 42.5 Å². The minimum absolute atomic E-state index is 0.0234. The number of amides is 1. The van der Waals surface area contributed by atoms with Crippen LogP contribution < -0.4 is 5.32 Å². The molecular formula is C20H18Cl3F3N2O. The molecule has 0 aliphatic carbocycles. The van der Waals surface area contributed by atoms with E-state index in [1.165, 1.54) is 0 Å². The maximum Gasteiger partial charge on any atom is 0.416 e. The van der Waals surface area contributed by atoms with Crippen LogP contribution in [0.1, 0.15) is 24.0 Å². The van der Waals surface area contributed by atoms with Crippen LogP contribution in [0.5, 0.6) is 0 Å². The summed E-state index contributed by atoms with van der Waals surface area (Å²) in [4.78, 5) is 14.7. The van der Waals surface area contributed by atoms with Crippen LogP contribution in [0.15, 0.2) is 36.4 Å². The molecule has 1 saturated heterocycles. The normalized spacial score (nSPS) is 16.1. The third-order valence-electron chi connectivity index (χ3n) is 4.90. The Morgan fingerprint density at radius 2 is 1.66 bits per heavy atom. The van der Waals surface area contributed by atoms with Crippen molar-refractivity contribution in [3.8, 4) is 0 Å². The van der Waals surface area contributed by atoms with Gasteiger partial charge in [0.15, 0.2) is 0 Å². The van der Waals surface area contributed by atoms with Crippen molar-refractivity contribution in [2.24, 2.45) is 5.92 Å². The van der Waals surface area contributed by atoms with E-state index in [0.717, 1.165) is 23.8 Å². The molecule has 29 heavy (non-hydrogen) atoms. The van der Waals surface area contributed by atoms with Crippen LogP contribution in [0.3, 0.4) is 0 Å². The minimum Gasteiger partial charge on any atom is -0.325 e. The van der Waals surface area contributed by atoms with Crippen LogP contribution in [0.2, 0.25) is 15.1 Å². The summed E-state index contributed by atoms with van der Waals surface area (Å²) in [5, 5.41) is 3.62. The van der Waals surface area contributed by atoms with Crippen LogP contribution in [-0.2, 0) is 17.5 Å². The number of carbonyl (C=O) groups is 1. The van der Waals surface area contributed by atoms with Gasteiger partial charge in [0, 0.05) is 12.5 Å². The van der Waals surface area contributed by atoms with Crippen molar-refractivity contribution in [3.63, 3.8) is 0 Å². The largest absolute Gasteiger partial charge is 0.416 e. The number of likely N-dealkylation sites (tertiary alicyclic amines) is 1. The fourth-order valence-corrected chi connectivity index (χ4v) is 3.77. The average Bonchev–Trinajstić information content (AvgIpc) is 2.66. The molecule has 3 nitrogen and oxygen atoms in total. The molecule has 0 radical (unpaired) electrons. The van der Waals surface area contributed by atoms with E-state index in [9.17, 15) is 18.0 Å². The van der Waals surface area contributed by atoms with Crippen molar-refractivity contribution in [2.45, 2.75) is 25.6 Å². The smallest absolute Gasteiger partial charge is 0.325 e. The lowest BCUT2D eigenvalue weighted by Gasteiger charge is -2.31. The van der Waals surface area contributed by atoms with Gasteiger partial charge >= 0.3 is 6.18 Å². The number of nitrogens with zero attached hydrogens (tertiary/aromatic N) is 1. The second-order valence-electron chi connectivity index (χ2n) is 6.98. The van der Waals surface area contributed by atoms with Gasteiger partial charge in [0.05, 0.1) is 26.3 Å². The van der Waals surface area contributed by atoms with Crippen molar-refractivity contribution < 1.29 is 18.0 Å². The highest BCUT2D eigenvalue weighted by molar-refractivity contribution is 6.42. The Bertz CT molecular complexity index is 897. The second kappa shape index (κ2) is 9.13. The lowest BCUT2D eigenvalue weighted by Crippen LogP contribution is -2.37. The summed E-state index contributed by atoms with van der Waals surface area (Å²) in [5.41, 5.74) is 0.149. The quantitative estimate of drug-likeness (QED) is 0.558. The van der Waals surface area contributed by atoms with Crippen molar-refractivity contribution in [3.05, 3.63) is 62.6 Å². The van der Waals surface area contributed by atoms with Gasteiger partial charge in [-0.15, -0.1) is 0 Å². The zero-order valence-electron chi connectivity index (χ0n) is 15.2. The maximum absolute atomic E-state index is 12.9. The van der Waals surface area contributed by atoms with E-state index in [1.54, 1.807) is 6.07 Å². The number of hydrogen-bond acceptors (Lipinski definition) is 2. The van der Waals surface area contributed by atoms with Crippen LogP contribution in [-0.4, -0.2) is 23.9 Å². The molecule has 1 fully saturated rings. The third kappa shape index (κ3) is 5.79. The highest BCUT2D eigenvalue weighted by Gasteiger charge is 2.32. The van der Waals surface area contributed by atoms with Crippen molar-refractivity contribution in [1.29, 1.82) is 0 Å². The molecule has 1 amide bonds. The monoisotopic (exact) mass is 464 g/mol. The van der Waals surface area contributed by atoms with Crippen molar-refractivity contribution >= 4 is 46.4 Å². The minimum atomic E-state index is -4.50. The summed E-state index contributed by atoms with van der Waals surface area (Å²) in [6, 6.07) is 8.36. The predicted molar refractivity (Wildman–Crippen MR) is 110 cm³/mol. The third-order valence-corrected chi connectivity index (χ3v) is 5.97. The summed E-state index contributed by atoms with van der Waals surface area (Å²) in [6.07, 6.45) is -3.30. The Labute approximate surface area is 181 Å². The topological polar surface area (TPSA) is 32.3 Å². The van der Waals surface area contributed by atoms with E-state index in [4.69, 9.17) is 34.8 Å². The number of anilines is 1. The molecule has 0 atom stereocenters. The molecule has 1 N–H and O–H groups in total. The Morgan fingerprint density at radius 1 is 1.00 bits per heavy atom. The fraction of sp³-hybridized carbons (Fsp3) is 0.350. The lowest BCUT2D eigenvalue weighted by atomic mass is 9.95. The van der Waals surface area contributed by atoms with Gasteiger partial charge < -0.3 is 5.32 Å². The lowest BCUT2D eigenvalue weighted by molar-refractivity contribution is -0.137. The Balaban J connectivity index is 1.57. The van der Waals surface area contributed by atoms with Crippen LogP contribution >= 0.6 is 34.8 Å². The average molecular weight is 466 g/mol. The molecule has 0 saturated carbocycles. The predicted octanol–water partition coefficient (Wildman–Crippen LogP) is 6.52. The van der Waals surface area contributed by atoms with Gasteiger partial charge in [-0.1, -0.05) is 40.9 Å². The zero-order valence-corrected chi connectivity index (χ0v) is 17.5. The summed E-state index contributed by atoms with van der Waals surface area (Å²) in [6.45, 7) is 2.06. The standard InChI is InChI=1S/C20H18Cl3F3N2O/c21-15-3-1-12(9-17(15)23)11-28-7-5-13(6-8-28)19(29)27-18-10-14(20(24,25)26)2-4-16(18)22/h1-4,9-10,13H,5-8,11H2,(H,27,29). The number of carbonyl (C=O) groups excluding carboxylic acids is 1. The molecule has 0 bridgehead atoms. The molecule has 156 valence electrons. The van der Waals surface area contributed by atoms with Gasteiger partial charge in [-0.2, -0.15) is 13.2 Å². The van der Waals surface area contributed by atoms with Gasteiger partial charge in [-0.05, 0) is 61.8 Å². The first-order valence-electron chi connectivity index (χ1n) is 8.97. The number of halogens is 6. The van der Waals surface area contributed by atoms with E-state index in [-0.39, 0.29) is 22.5 Å². The Hall–Kier alpha value is -1.47. The molecule has 2 aromatic rings. The SMILES string of the molecule is O=C(Nc1cc(C(F)(F)F)ccc1Cl)C1CCN(Cc2ccc(Cl)c(Cl)c2)CC1. The molecule has 3 rings (SSSR count). The summed E-state index contributed by atoms with van der Waals surface area (Å²) in [5.74, 6) is -0.605. The molecule has 1 aliphatic rings. The number of nitrogens with one attached hydrogen (secondary N) is 1. The molecule has 0 spiro atoms. The van der Waals surface area contributed by atoms with Crippen LogP contribution in [0.4, 0.5) is 18.9 Å². The summed E-state index contributed by atoms with van der Waals surface area (Å²) < 4.78 is 38.7. The Morgan fingerprint density at radius 3 is 2.28 bits per heavy atom. The van der Waals surface area contributed by atoms with Gasteiger partial charge in [-0.25, -0.2) is 0 Å². The molecule has 0 unspecified atom stereocenters. The van der Waals surface area contributed by atoms with E-state index in [1.807, 2.05) is 12.1 Å². The van der Waals surface area contributed by atoms with E-state index < -0.39 is 11.7 Å². The number of benzene rings is 2. The van der Waals surface area contributed by atoms with Gasteiger partial charge in [0.25, 0.3) is 0 Å². The first-order valence-corrected chi connectivity index (χ1v) is 10.1. The molecule has 2 aromatic carbocycles. The number of alkyl halides is 3. The molecular weight excluding hydrogens is 448 g/mol. The van der Waals surface area contributed by atoms with Crippen molar-refractivity contribution in [2.75, 3.05) is 18.4 Å². The Kier molecular flexibility index (Phi) is 6.99. The van der Waals surface area contributed by atoms with Crippen molar-refractivity contribution in [1.82, 2.24) is 4.90 Å². The molecule has 1 heterocycles. The van der Waals surface area contributed by atoms with Gasteiger partial charge in [0.1, 0.15) is 0 Å². The van der Waals surface area contributed by atoms with Gasteiger partial charge in [-0.3, -0.25) is 9.69 Å². The van der Waals surface area contributed by atoms with E-state index in [2.05, 4.69) is 10.2 Å². The second-order valence-corrected chi connectivity index (χ2v) is 8.20. The summed E-state index contributed by atoms with van der Waals surface area (Å²) in [7, 11) is 0. The first-order chi connectivity index (χ1) is 13.6. The number of rotatable bonds is 4. The number of piperidine rings is 1. The summed E-state index contributed by atoms with van der Waals surface area (Å²) >= 11 is 17.9. The highest BCUT2D eigenvalue weighted by Crippen LogP contribution is 2.34. The molecule has 1 aliphatic heterocycles. The molecule has 9 heteroatoms. The van der Waals surface area contributed by atoms with Crippen LogP contribution in [0.25, 0.3) is 0 Å². The first kappa shape index (κ1) is 22.2. The maximum atomic E-state index is 12.9.